The highest BCUT2D eigenvalue weighted by Crippen LogP contribution is 2.26. The lowest BCUT2D eigenvalue weighted by atomic mass is 10.3. The Morgan fingerprint density at radius 2 is 2.13 bits per heavy atom. The number of hydrogen-bond acceptors (Lipinski definition) is 8. The lowest BCUT2D eigenvalue weighted by molar-refractivity contribution is 1.10. The number of aromatic nitrogens is 5. The third-order valence-corrected chi connectivity index (χ3v) is 5.15. The molecule has 7 nitrogen and oxygen atoms in total. The van der Waals surface area contributed by atoms with Crippen LogP contribution in [0, 0.1) is 0 Å². The Balaban J connectivity index is 1.40. The molecule has 3 aromatic heterocycles. The zero-order chi connectivity index (χ0) is 15.6. The van der Waals surface area contributed by atoms with Gasteiger partial charge in [0, 0.05) is 12.3 Å². The molecule has 116 valence electrons. The van der Waals surface area contributed by atoms with Gasteiger partial charge in [-0.1, -0.05) is 23.5 Å². The molecule has 0 aliphatic rings. The van der Waals surface area contributed by atoms with E-state index in [1.54, 1.807) is 29.4 Å². The van der Waals surface area contributed by atoms with Gasteiger partial charge in [-0.15, -0.1) is 11.8 Å². The number of aromatic amines is 1. The highest BCUT2D eigenvalue weighted by molar-refractivity contribution is 7.99. The number of nitrogens with two attached hydrogens (primary N) is 1. The first-order valence-corrected chi connectivity index (χ1v) is 8.78. The highest BCUT2D eigenvalue weighted by atomic mass is 32.2. The summed E-state index contributed by atoms with van der Waals surface area (Å²) in [6.07, 6.45) is 1.60. The van der Waals surface area contributed by atoms with Crippen molar-refractivity contribution in [2.45, 2.75) is 5.03 Å². The standard InChI is InChI=1S/C14H13N7S2/c15-13-20-11-10(17-7-18-11)12(21-13)22-6-5-16-14-19-8-3-1-2-4-9(8)23-14/h1-4,7H,5-6H2,(H,16,19)(H3,15,17,18,20,21). The van der Waals surface area contributed by atoms with Crippen molar-refractivity contribution in [2.24, 2.45) is 0 Å². The molecule has 0 saturated heterocycles. The molecule has 0 aliphatic carbocycles. The van der Waals surface area contributed by atoms with E-state index in [4.69, 9.17) is 5.73 Å². The number of thiazole rings is 1. The summed E-state index contributed by atoms with van der Waals surface area (Å²) in [6.45, 7) is 0.782. The molecule has 0 amide bonds. The first kappa shape index (κ1) is 14.2. The maximum Gasteiger partial charge on any atom is 0.223 e. The van der Waals surface area contributed by atoms with Crippen LogP contribution in [0.25, 0.3) is 21.4 Å². The van der Waals surface area contributed by atoms with Crippen molar-refractivity contribution in [1.82, 2.24) is 24.9 Å². The fourth-order valence-corrected chi connectivity index (χ4v) is 3.92. The van der Waals surface area contributed by atoms with E-state index in [1.807, 2.05) is 18.2 Å². The number of nitrogen functional groups attached to an aromatic ring is 1. The third kappa shape index (κ3) is 2.92. The quantitative estimate of drug-likeness (QED) is 0.291. The molecule has 0 atom stereocenters. The predicted octanol–water partition coefficient (Wildman–Crippen LogP) is 2.75. The molecule has 4 N–H and O–H groups in total. The monoisotopic (exact) mass is 343 g/mol. The van der Waals surface area contributed by atoms with Crippen molar-refractivity contribution in [1.29, 1.82) is 0 Å². The molecule has 9 heteroatoms. The van der Waals surface area contributed by atoms with Gasteiger partial charge in [0.05, 0.1) is 16.5 Å². The largest absolute Gasteiger partial charge is 0.368 e. The SMILES string of the molecule is Nc1nc(SCCNc2nc3ccccc3s2)c2[nH]cnc2n1. The average molecular weight is 343 g/mol. The van der Waals surface area contributed by atoms with Crippen LogP contribution >= 0.6 is 23.1 Å². The fourth-order valence-electron chi connectivity index (χ4n) is 2.18. The molecular formula is C14H13N7S2. The molecule has 0 saturated carbocycles. The fraction of sp³-hybridized carbons (Fsp3) is 0.143. The molecule has 3 heterocycles. The first-order valence-electron chi connectivity index (χ1n) is 6.98. The van der Waals surface area contributed by atoms with Gasteiger partial charge in [-0.2, -0.15) is 4.98 Å². The minimum absolute atomic E-state index is 0.242. The van der Waals surface area contributed by atoms with E-state index in [2.05, 4.69) is 36.3 Å². The van der Waals surface area contributed by atoms with Crippen LogP contribution in [0.2, 0.25) is 0 Å². The normalized spacial score (nSPS) is 11.3. The van der Waals surface area contributed by atoms with E-state index in [0.29, 0.717) is 5.65 Å². The van der Waals surface area contributed by atoms with Crippen molar-refractivity contribution in [3.63, 3.8) is 0 Å². The summed E-state index contributed by atoms with van der Waals surface area (Å²) in [4.78, 5) is 20.1. The van der Waals surface area contributed by atoms with Crippen LogP contribution in [-0.4, -0.2) is 37.2 Å². The number of thioether (sulfide) groups is 1. The Morgan fingerprint density at radius 1 is 1.22 bits per heavy atom. The Labute approximate surface area is 139 Å². The highest BCUT2D eigenvalue weighted by Gasteiger charge is 2.09. The number of nitrogens with zero attached hydrogens (tertiary/aromatic N) is 4. The van der Waals surface area contributed by atoms with Gasteiger partial charge in [0.2, 0.25) is 5.95 Å². The van der Waals surface area contributed by atoms with Crippen molar-refractivity contribution in [2.75, 3.05) is 23.3 Å². The van der Waals surface area contributed by atoms with Crippen LogP contribution in [0.5, 0.6) is 0 Å². The number of rotatable bonds is 5. The van der Waals surface area contributed by atoms with E-state index in [9.17, 15) is 0 Å². The molecule has 0 spiro atoms. The van der Waals surface area contributed by atoms with Crippen LogP contribution in [0.3, 0.4) is 0 Å². The summed E-state index contributed by atoms with van der Waals surface area (Å²) in [5.74, 6) is 1.08. The molecular weight excluding hydrogens is 330 g/mol. The molecule has 4 aromatic rings. The van der Waals surface area contributed by atoms with E-state index in [1.165, 1.54) is 4.70 Å². The van der Waals surface area contributed by atoms with Crippen LogP contribution in [0.4, 0.5) is 11.1 Å². The Morgan fingerprint density at radius 3 is 3.04 bits per heavy atom. The van der Waals surface area contributed by atoms with Gasteiger partial charge < -0.3 is 16.0 Å². The van der Waals surface area contributed by atoms with E-state index < -0.39 is 0 Å². The number of nitrogens with one attached hydrogen (secondary N) is 2. The molecule has 0 fully saturated rings. The molecule has 0 aliphatic heterocycles. The number of hydrogen-bond donors (Lipinski definition) is 3. The molecule has 0 bridgehead atoms. The molecule has 0 unspecified atom stereocenters. The van der Waals surface area contributed by atoms with Crippen LogP contribution in [0.15, 0.2) is 35.6 Å². The molecule has 1 aromatic carbocycles. The summed E-state index contributed by atoms with van der Waals surface area (Å²) in [6, 6.07) is 8.11. The number of anilines is 2. The first-order chi connectivity index (χ1) is 11.3. The van der Waals surface area contributed by atoms with Gasteiger partial charge in [0.1, 0.15) is 10.5 Å². The van der Waals surface area contributed by atoms with E-state index in [0.717, 1.165) is 33.5 Å². The Kier molecular flexibility index (Phi) is 3.72. The lowest BCUT2D eigenvalue weighted by Gasteiger charge is -2.04. The van der Waals surface area contributed by atoms with Crippen molar-refractivity contribution < 1.29 is 0 Å². The topological polar surface area (TPSA) is 105 Å². The van der Waals surface area contributed by atoms with Gasteiger partial charge in [-0.25, -0.2) is 15.0 Å². The van der Waals surface area contributed by atoms with Crippen LogP contribution < -0.4 is 11.1 Å². The van der Waals surface area contributed by atoms with Crippen molar-refractivity contribution in [3.8, 4) is 0 Å². The van der Waals surface area contributed by atoms with E-state index >= 15 is 0 Å². The van der Waals surface area contributed by atoms with Gasteiger partial charge >= 0.3 is 0 Å². The van der Waals surface area contributed by atoms with Crippen LogP contribution in [0.1, 0.15) is 0 Å². The number of fused-ring (bicyclic) bond motifs is 2. The minimum Gasteiger partial charge on any atom is -0.368 e. The van der Waals surface area contributed by atoms with Gasteiger partial charge in [0.15, 0.2) is 10.8 Å². The molecule has 4 rings (SSSR count). The van der Waals surface area contributed by atoms with Gasteiger partial charge in [-0.05, 0) is 12.1 Å². The number of benzene rings is 1. The maximum absolute atomic E-state index is 5.71. The number of H-pyrrole nitrogens is 1. The van der Waals surface area contributed by atoms with Crippen molar-refractivity contribution >= 4 is 55.6 Å². The smallest absolute Gasteiger partial charge is 0.223 e. The summed E-state index contributed by atoms with van der Waals surface area (Å²) in [5.41, 5.74) is 8.15. The maximum atomic E-state index is 5.71. The van der Waals surface area contributed by atoms with E-state index in [-0.39, 0.29) is 5.95 Å². The zero-order valence-corrected chi connectivity index (χ0v) is 13.6. The van der Waals surface area contributed by atoms with Crippen LogP contribution in [-0.2, 0) is 0 Å². The second kappa shape index (κ2) is 6.01. The molecule has 23 heavy (non-hydrogen) atoms. The zero-order valence-electron chi connectivity index (χ0n) is 12.0. The number of para-hydroxylation sites is 1. The average Bonchev–Trinajstić information content (AvgIpc) is 3.17. The van der Waals surface area contributed by atoms with Gasteiger partial charge in [-0.3, -0.25) is 0 Å². The second-order valence-electron chi connectivity index (χ2n) is 4.75. The summed E-state index contributed by atoms with van der Waals surface area (Å²) < 4.78 is 1.19. The summed E-state index contributed by atoms with van der Waals surface area (Å²) in [7, 11) is 0. The minimum atomic E-state index is 0.242. The Hall–Kier alpha value is -2.39. The number of imidazole rings is 1. The second-order valence-corrected chi connectivity index (χ2v) is 6.86. The summed E-state index contributed by atoms with van der Waals surface area (Å²) >= 11 is 3.26. The molecule has 0 radical (unpaired) electrons. The van der Waals surface area contributed by atoms with Gasteiger partial charge in [0.25, 0.3) is 0 Å². The third-order valence-electron chi connectivity index (χ3n) is 3.18. The van der Waals surface area contributed by atoms with Crippen molar-refractivity contribution in [3.05, 3.63) is 30.6 Å². The lowest BCUT2D eigenvalue weighted by Crippen LogP contribution is -2.04. The Bertz CT molecular complexity index is 929. The predicted molar refractivity (Wildman–Crippen MR) is 94.9 cm³/mol. The summed E-state index contributed by atoms with van der Waals surface area (Å²) in [5, 5.41) is 5.09.